The molecule has 0 aliphatic carbocycles. The predicted octanol–water partition coefficient (Wildman–Crippen LogP) is 5.42. The summed E-state index contributed by atoms with van der Waals surface area (Å²) >= 11 is 12.2. The van der Waals surface area contributed by atoms with Gasteiger partial charge in [-0.2, -0.15) is 0 Å². The molecule has 4 nitrogen and oxygen atoms in total. The van der Waals surface area contributed by atoms with Crippen molar-refractivity contribution in [2.45, 2.75) is 53.1 Å². The fourth-order valence-electron chi connectivity index (χ4n) is 3.25. The van der Waals surface area contributed by atoms with Crippen molar-refractivity contribution in [3.05, 3.63) is 69.2 Å². The van der Waals surface area contributed by atoms with Gasteiger partial charge < -0.3 is 10.2 Å². The van der Waals surface area contributed by atoms with Crippen molar-refractivity contribution < 1.29 is 9.59 Å². The van der Waals surface area contributed by atoms with Crippen LogP contribution in [-0.4, -0.2) is 29.3 Å². The van der Waals surface area contributed by atoms with Gasteiger partial charge in [0, 0.05) is 13.1 Å². The Morgan fingerprint density at radius 1 is 1.07 bits per heavy atom. The Morgan fingerprint density at radius 3 is 2.37 bits per heavy atom. The zero-order valence-corrected chi connectivity index (χ0v) is 19.6. The van der Waals surface area contributed by atoms with E-state index in [0.717, 1.165) is 16.7 Å². The highest BCUT2D eigenvalue weighted by Gasteiger charge is 2.29. The molecule has 30 heavy (non-hydrogen) atoms. The number of nitrogens with zero attached hydrogens (tertiary/aromatic N) is 1. The average molecular weight is 449 g/mol. The number of benzene rings is 2. The van der Waals surface area contributed by atoms with Crippen LogP contribution in [-0.2, 0) is 22.6 Å². The van der Waals surface area contributed by atoms with Crippen LogP contribution in [0.3, 0.4) is 0 Å². The summed E-state index contributed by atoms with van der Waals surface area (Å²) in [6.07, 6.45) is 0.757. The van der Waals surface area contributed by atoms with Gasteiger partial charge in [0.05, 0.1) is 16.5 Å². The van der Waals surface area contributed by atoms with Gasteiger partial charge in [0.2, 0.25) is 11.8 Å². The third-order valence-electron chi connectivity index (χ3n) is 5.01. The van der Waals surface area contributed by atoms with E-state index in [-0.39, 0.29) is 24.8 Å². The Bertz CT molecular complexity index is 883. The minimum absolute atomic E-state index is 0.0954. The van der Waals surface area contributed by atoms with Crippen LogP contribution < -0.4 is 5.32 Å². The van der Waals surface area contributed by atoms with E-state index in [1.165, 1.54) is 0 Å². The molecule has 0 bridgehead atoms. The van der Waals surface area contributed by atoms with Crippen LogP contribution >= 0.6 is 23.2 Å². The van der Waals surface area contributed by atoms with Gasteiger partial charge in [0.15, 0.2) is 0 Å². The second-order valence-electron chi connectivity index (χ2n) is 7.94. The third-order valence-corrected chi connectivity index (χ3v) is 5.75. The first-order valence-electron chi connectivity index (χ1n) is 10.3. The molecule has 0 saturated carbocycles. The predicted molar refractivity (Wildman–Crippen MR) is 124 cm³/mol. The Hall–Kier alpha value is -2.04. The van der Waals surface area contributed by atoms with Gasteiger partial charge in [0.1, 0.15) is 6.04 Å². The van der Waals surface area contributed by atoms with Crippen LogP contribution in [0.2, 0.25) is 10.0 Å². The first-order valence-corrected chi connectivity index (χ1v) is 11.0. The summed E-state index contributed by atoms with van der Waals surface area (Å²) in [4.78, 5) is 27.9. The number of nitrogens with one attached hydrogen (secondary N) is 1. The molecule has 1 N–H and O–H groups in total. The molecule has 1 atom stereocenters. The number of hydrogen-bond donors (Lipinski definition) is 1. The fourth-order valence-corrected chi connectivity index (χ4v) is 3.57. The maximum Gasteiger partial charge on any atom is 0.242 e. The zero-order chi connectivity index (χ0) is 22.3. The van der Waals surface area contributed by atoms with Gasteiger partial charge >= 0.3 is 0 Å². The average Bonchev–Trinajstić information content (AvgIpc) is 2.70. The van der Waals surface area contributed by atoms with Crippen LogP contribution in [0.1, 0.15) is 43.9 Å². The largest absolute Gasteiger partial charge is 0.354 e. The molecule has 0 aliphatic rings. The lowest BCUT2D eigenvalue weighted by Crippen LogP contribution is -2.50. The van der Waals surface area contributed by atoms with Crippen LogP contribution in [0.4, 0.5) is 0 Å². The second kappa shape index (κ2) is 11.4. The summed E-state index contributed by atoms with van der Waals surface area (Å²) in [6.45, 7) is 8.84. The van der Waals surface area contributed by atoms with Crippen LogP contribution in [0.5, 0.6) is 0 Å². The maximum absolute atomic E-state index is 13.4. The molecule has 0 fully saturated rings. The molecule has 0 saturated heterocycles. The molecule has 0 spiro atoms. The molecule has 162 valence electrons. The van der Waals surface area contributed by atoms with Gasteiger partial charge in [-0.15, -0.1) is 0 Å². The van der Waals surface area contributed by atoms with Gasteiger partial charge in [-0.25, -0.2) is 0 Å². The van der Waals surface area contributed by atoms with Crippen molar-refractivity contribution in [1.82, 2.24) is 10.2 Å². The molecule has 2 aromatic rings. The summed E-state index contributed by atoms with van der Waals surface area (Å²) < 4.78 is 0. The lowest BCUT2D eigenvalue weighted by Gasteiger charge is -2.31. The number of halogens is 2. The molecule has 0 aliphatic heterocycles. The van der Waals surface area contributed by atoms with E-state index in [9.17, 15) is 9.59 Å². The highest BCUT2D eigenvalue weighted by molar-refractivity contribution is 6.42. The highest BCUT2D eigenvalue weighted by atomic mass is 35.5. The van der Waals surface area contributed by atoms with Crippen molar-refractivity contribution in [2.75, 3.05) is 6.54 Å². The molecule has 2 amide bonds. The zero-order valence-electron chi connectivity index (χ0n) is 18.0. The van der Waals surface area contributed by atoms with Crippen molar-refractivity contribution in [1.29, 1.82) is 0 Å². The topological polar surface area (TPSA) is 49.4 Å². The number of rotatable bonds is 9. The minimum atomic E-state index is -0.560. The Balaban J connectivity index is 2.31. The first-order chi connectivity index (χ1) is 14.2. The smallest absolute Gasteiger partial charge is 0.242 e. The van der Waals surface area contributed by atoms with Gasteiger partial charge in [-0.1, -0.05) is 74.3 Å². The Morgan fingerprint density at radius 2 is 1.77 bits per heavy atom. The van der Waals surface area contributed by atoms with Gasteiger partial charge in [-0.05, 0) is 48.1 Å². The number of carbonyl (C=O) groups excluding carboxylic acids is 2. The number of aryl methyl sites for hydroxylation is 1. The van der Waals surface area contributed by atoms with E-state index in [1.54, 1.807) is 17.0 Å². The third kappa shape index (κ3) is 6.75. The lowest BCUT2D eigenvalue weighted by atomic mass is 10.0. The molecule has 0 radical (unpaired) electrons. The molecule has 6 heteroatoms. The maximum atomic E-state index is 13.4. The van der Waals surface area contributed by atoms with E-state index in [2.05, 4.69) is 5.32 Å². The van der Waals surface area contributed by atoms with E-state index in [0.29, 0.717) is 28.9 Å². The molecule has 0 aromatic heterocycles. The number of amides is 2. The molecular weight excluding hydrogens is 419 g/mol. The molecule has 2 rings (SSSR count). The number of hydrogen-bond acceptors (Lipinski definition) is 2. The van der Waals surface area contributed by atoms with Crippen LogP contribution in [0.15, 0.2) is 42.5 Å². The molecular formula is C24H30Cl2N2O2. The standard InChI is InChI=1S/C24H30Cl2N2O2/c1-5-22(24(30)27-14-16(2)3)28(15-18-10-11-20(25)21(26)12-18)23(29)13-19-9-7-6-8-17(19)4/h6-12,16,22H,5,13-15H2,1-4H3,(H,27,30)/t22-/m0/s1. The number of carbonyl (C=O) groups is 2. The molecule has 0 heterocycles. The van der Waals surface area contributed by atoms with Crippen molar-refractivity contribution in [2.24, 2.45) is 5.92 Å². The SMILES string of the molecule is CC[C@@H](C(=O)NCC(C)C)N(Cc1ccc(Cl)c(Cl)c1)C(=O)Cc1ccccc1C. The summed E-state index contributed by atoms with van der Waals surface area (Å²) in [5.74, 6) is 0.101. The summed E-state index contributed by atoms with van der Waals surface area (Å²) in [5.41, 5.74) is 2.84. The van der Waals surface area contributed by atoms with Crippen LogP contribution in [0, 0.1) is 12.8 Å². The minimum Gasteiger partial charge on any atom is -0.354 e. The van der Waals surface area contributed by atoms with E-state index in [4.69, 9.17) is 23.2 Å². The van der Waals surface area contributed by atoms with E-state index < -0.39 is 6.04 Å². The van der Waals surface area contributed by atoms with Gasteiger partial charge in [-0.3, -0.25) is 9.59 Å². The summed E-state index contributed by atoms with van der Waals surface area (Å²) in [6, 6.07) is 12.5. The van der Waals surface area contributed by atoms with Crippen molar-refractivity contribution in [3.63, 3.8) is 0 Å². The van der Waals surface area contributed by atoms with Crippen LogP contribution in [0.25, 0.3) is 0 Å². The second-order valence-corrected chi connectivity index (χ2v) is 8.75. The molecule has 0 unspecified atom stereocenters. The van der Waals surface area contributed by atoms with E-state index >= 15 is 0 Å². The fraction of sp³-hybridized carbons (Fsp3) is 0.417. The quantitative estimate of drug-likeness (QED) is 0.556. The summed E-state index contributed by atoms with van der Waals surface area (Å²) in [7, 11) is 0. The monoisotopic (exact) mass is 448 g/mol. The lowest BCUT2D eigenvalue weighted by molar-refractivity contribution is -0.141. The van der Waals surface area contributed by atoms with E-state index in [1.807, 2.05) is 58.0 Å². The Kier molecular flexibility index (Phi) is 9.19. The Labute approximate surface area is 189 Å². The normalized spacial score (nSPS) is 12.0. The molecule has 2 aromatic carbocycles. The van der Waals surface area contributed by atoms with Gasteiger partial charge in [0.25, 0.3) is 0 Å². The summed E-state index contributed by atoms with van der Waals surface area (Å²) in [5, 5.41) is 3.86. The van der Waals surface area contributed by atoms with Crippen molar-refractivity contribution >= 4 is 35.0 Å². The first kappa shape index (κ1) is 24.2. The van der Waals surface area contributed by atoms with Crippen molar-refractivity contribution in [3.8, 4) is 0 Å². The highest BCUT2D eigenvalue weighted by Crippen LogP contribution is 2.24.